The molecule has 2 fully saturated rings. The first-order valence-corrected chi connectivity index (χ1v) is 11.1. The number of rotatable bonds is 9. The van der Waals surface area contributed by atoms with Crippen molar-refractivity contribution in [2.75, 3.05) is 59.4 Å². The van der Waals surface area contributed by atoms with E-state index < -0.39 is 0 Å². The van der Waals surface area contributed by atoms with Gasteiger partial charge in [-0.15, -0.1) is 24.0 Å². The zero-order valence-electron chi connectivity index (χ0n) is 18.0. The first kappa shape index (κ1) is 25.0. The van der Waals surface area contributed by atoms with Gasteiger partial charge >= 0.3 is 0 Å². The molecule has 0 spiro atoms. The first-order valence-electron chi connectivity index (χ1n) is 11.1. The maximum atomic E-state index is 4.77. The number of halogens is 1. The van der Waals surface area contributed by atoms with Gasteiger partial charge in [0.15, 0.2) is 5.96 Å². The Kier molecular flexibility index (Phi) is 13.7. The van der Waals surface area contributed by atoms with E-state index in [1.54, 1.807) is 0 Å². The molecule has 2 unspecified atom stereocenters. The van der Waals surface area contributed by atoms with Crippen molar-refractivity contribution in [1.82, 2.24) is 20.4 Å². The van der Waals surface area contributed by atoms with E-state index >= 15 is 0 Å². The van der Waals surface area contributed by atoms with E-state index in [4.69, 9.17) is 4.99 Å². The Hall–Kier alpha value is -0.0800. The van der Waals surface area contributed by atoms with E-state index in [1.807, 2.05) is 0 Å². The third kappa shape index (κ3) is 10.9. The number of nitrogens with one attached hydrogen (secondary N) is 2. The Labute approximate surface area is 185 Å². The summed E-state index contributed by atoms with van der Waals surface area (Å²) in [6.07, 6.45) is 9.43. The molecule has 0 bridgehead atoms. The summed E-state index contributed by atoms with van der Waals surface area (Å²) >= 11 is 0. The van der Waals surface area contributed by atoms with Crippen LogP contribution in [-0.4, -0.2) is 75.2 Å². The standard InChI is InChI=1S/C21H43N5.HI/c1-4-22-21(24-12-10-20-9-7-8-19(2)18-20)23-11-5-6-13-26-16-14-25(3)15-17-26;/h19-20H,4-18H2,1-3H3,(H2,22,23,24);1H. The summed E-state index contributed by atoms with van der Waals surface area (Å²) in [5.74, 6) is 2.85. The highest BCUT2D eigenvalue weighted by Crippen LogP contribution is 2.30. The molecule has 0 amide bonds. The van der Waals surface area contributed by atoms with E-state index in [-0.39, 0.29) is 24.0 Å². The molecular weight excluding hydrogens is 449 g/mol. The molecule has 1 heterocycles. The molecule has 2 aliphatic rings. The van der Waals surface area contributed by atoms with Crippen LogP contribution in [0.3, 0.4) is 0 Å². The minimum absolute atomic E-state index is 0. The van der Waals surface area contributed by atoms with Crippen LogP contribution in [-0.2, 0) is 0 Å². The van der Waals surface area contributed by atoms with Crippen LogP contribution in [0.2, 0.25) is 0 Å². The number of hydrogen-bond acceptors (Lipinski definition) is 3. The molecule has 1 aliphatic carbocycles. The number of piperazine rings is 1. The normalized spacial score (nSPS) is 25.1. The zero-order chi connectivity index (χ0) is 18.6. The van der Waals surface area contributed by atoms with Gasteiger partial charge in [0, 0.05) is 45.8 Å². The topological polar surface area (TPSA) is 42.9 Å². The molecule has 1 saturated heterocycles. The number of aliphatic imine (C=N–C) groups is 1. The van der Waals surface area contributed by atoms with Gasteiger partial charge in [-0.05, 0) is 58.0 Å². The van der Waals surface area contributed by atoms with Crippen LogP contribution < -0.4 is 10.6 Å². The molecule has 1 saturated carbocycles. The van der Waals surface area contributed by atoms with Crippen LogP contribution in [0.15, 0.2) is 4.99 Å². The van der Waals surface area contributed by atoms with Crippen molar-refractivity contribution in [2.45, 2.75) is 58.8 Å². The van der Waals surface area contributed by atoms with Gasteiger partial charge in [0.2, 0.25) is 0 Å². The van der Waals surface area contributed by atoms with E-state index in [0.29, 0.717) is 0 Å². The lowest BCUT2D eigenvalue weighted by atomic mass is 9.81. The summed E-state index contributed by atoms with van der Waals surface area (Å²) in [6.45, 7) is 13.6. The Morgan fingerprint density at radius 1 is 1.07 bits per heavy atom. The van der Waals surface area contributed by atoms with Crippen LogP contribution in [0.25, 0.3) is 0 Å². The van der Waals surface area contributed by atoms with E-state index in [9.17, 15) is 0 Å². The van der Waals surface area contributed by atoms with E-state index in [0.717, 1.165) is 37.4 Å². The largest absolute Gasteiger partial charge is 0.357 e. The van der Waals surface area contributed by atoms with Crippen LogP contribution in [0.4, 0.5) is 0 Å². The fourth-order valence-electron chi connectivity index (χ4n) is 4.27. The molecule has 0 aromatic rings. The number of guanidine groups is 1. The maximum absolute atomic E-state index is 4.77. The lowest BCUT2D eigenvalue weighted by Gasteiger charge is -2.32. The van der Waals surface area contributed by atoms with Gasteiger partial charge in [0.25, 0.3) is 0 Å². The van der Waals surface area contributed by atoms with Crippen molar-refractivity contribution in [1.29, 1.82) is 0 Å². The molecule has 1 aliphatic heterocycles. The van der Waals surface area contributed by atoms with E-state index in [1.165, 1.54) is 77.7 Å². The van der Waals surface area contributed by atoms with Gasteiger partial charge in [-0.2, -0.15) is 0 Å². The summed E-state index contributed by atoms with van der Waals surface area (Å²) in [7, 11) is 2.22. The molecular formula is C21H44IN5. The number of hydrogen-bond donors (Lipinski definition) is 2. The molecule has 0 aromatic heterocycles. The molecule has 27 heavy (non-hydrogen) atoms. The average molecular weight is 494 g/mol. The number of nitrogens with zero attached hydrogens (tertiary/aromatic N) is 3. The summed E-state index contributed by atoms with van der Waals surface area (Å²) < 4.78 is 0. The van der Waals surface area contributed by atoms with Crippen LogP contribution in [0.5, 0.6) is 0 Å². The van der Waals surface area contributed by atoms with Gasteiger partial charge in [-0.3, -0.25) is 4.99 Å². The molecule has 2 N–H and O–H groups in total. The van der Waals surface area contributed by atoms with Crippen LogP contribution >= 0.6 is 24.0 Å². The van der Waals surface area contributed by atoms with Crippen LogP contribution in [0, 0.1) is 11.8 Å². The van der Waals surface area contributed by atoms with E-state index in [2.05, 4.69) is 41.3 Å². The fraction of sp³-hybridized carbons (Fsp3) is 0.952. The van der Waals surface area contributed by atoms with Gasteiger partial charge < -0.3 is 20.4 Å². The minimum Gasteiger partial charge on any atom is -0.357 e. The van der Waals surface area contributed by atoms with Crippen molar-refractivity contribution in [3.05, 3.63) is 0 Å². The Morgan fingerprint density at radius 3 is 2.56 bits per heavy atom. The van der Waals surface area contributed by atoms with Gasteiger partial charge in [-0.1, -0.05) is 26.2 Å². The maximum Gasteiger partial charge on any atom is 0.191 e. The van der Waals surface area contributed by atoms with Crippen molar-refractivity contribution in [3.63, 3.8) is 0 Å². The molecule has 160 valence electrons. The Bertz CT molecular complexity index is 396. The lowest BCUT2D eigenvalue weighted by molar-refractivity contribution is 0.152. The lowest BCUT2D eigenvalue weighted by Crippen LogP contribution is -2.44. The third-order valence-corrected chi connectivity index (χ3v) is 5.98. The molecule has 2 rings (SSSR count). The minimum atomic E-state index is 0. The zero-order valence-corrected chi connectivity index (χ0v) is 20.3. The summed E-state index contributed by atoms with van der Waals surface area (Å²) in [4.78, 5) is 9.79. The quantitative estimate of drug-likeness (QED) is 0.224. The van der Waals surface area contributed by atoms with Crippen molar-refractivity contribution in [2.24, 2.45) is 16.8 Å². The smallest absolute Gasteiger partial charge is 0.191 e. The van der Waals surface area contributed by atoms with Gasteiger partial charge in [-0.25, -0.2) is 0 Å². The summed E-state index contributed by atoms with van der Waals surface area (Å²) in [5, 5.41) is 6.95. The van der Waals surface area contributed by atoms with Gasteiger partial charge in [0.1, 0.15) is 0 Å². The molecule has 0 aromatic carbocycles. The predicted molar refractivity (Wildman–Crippen MR) is 128 cm³/mol. The second kappa shape index (κ2) is 14.9. The summed E-state index contributed by atoms with van der Waals surface area (Å²) in [6, 6.07) is 0. The first-order chi connectivity index (χ1) is 12.7. The molecule has 5 nitrogen and oxygen atoms in total. The Balaban J connectivity index is 0.00000364. The molecule has 2 atom stereocenters. The van der Waals surface area contributed by atoms with Crippen molar-refractivity contribution >= 4 is 29.9 Å². The second-order valence-electron chi connectivity index (χ2n) is 8.47. The van der Waals surface area contributed by atoms with Crippen molar-refractivity contribution in [3.8, 4) is 0 Å². The van der Waals surface area contributed by atoms with Crippen LogP contribution in [0.1, 0.15) is 58.8 Å². The number of likely N-dealkylation sites (N-methyl/N-ethyl adjacent to an activating group) is 1. The number of unbranched alkanes of at least 4 members (excludes halogenated alkanes) is 1. The van der Waals surface area contributed by atoms with Crippen molar-refractivity contribution < 1.29 is 0 Å². The highest BCUT2D eigenvalue weighted by Gasteiger charge is 2.18. The third-order valence-electron chi connectivity index (χ3n) is 5.98. The van der Waals surface area contributed by atoms with Gasteiger partial charge in [0.05, 0.1) is 0 Å². The SMILES string of the molecule is CCNC(=NCCCCN1CCN(C)CC1)NCCC1CCCC(C)C1.I. The average Bonchev–Trinajstić information content (AvgIpc) is 2.63. The highest BCUT2D eigenvalue weighted by atomic mass is 127. The summed E-state index contributed by atoms with van der Waals surface area (Å²) in [5.41, 5.74) is 0. The fourth-order valence-corrected chi connectivity index (χ4v) is 4.27. The Morgan fingerprint density at radius 2 is 1.85 bits per heavy atom. The molecule has 6 heteroatoms. The monoisotopic (exact) mass is 493 g/mol. The second-order valence-corrected chi connectivity index (χ2v) is 8.47. The highest BCUT2D eigenvalue weighted by molar-refractivity contribution is 14.0. The predicted octanol–water partition coefficient (Wildman–Crippen LogP) is 3.40. The molecule has 0 radical (unpaired) electrons.